The first-order valence-electron chi connectivity index (χ1n) is 9.76. The molecule has 1 N–H and O–H groups in total. The molecule has 158 valence electrons. The van der Waals surface area contributed by atoms with Crippen LogP contribution in [0.25, 0.3) is 22.2 Å². The van der Waals surface area contributed by atoms with Gasteiger partial charge in [-0.15, -0.1) is 0 Å². The molecular weight excluding hydrogens is 616 g/mol. The fourth-order valence-electron chi connectivity index (χ4n) is 3.61. The van der Waals surface area contributed by atoms with Gasteiger partial charge < -0.3 is 0 Å². The van der Waals surface area contributed by atoms with Gasteiger partial charge >= 0.3 is 199 Å². The standard InChI is InChI=1S/C24H20I2N3O2/c1-15-5-3-4-6-19(15)20-9-7-17(11-18(20)13-30-2)24-29-23(25-26-31-24)16-8-10-21-22(12-16)28-14-27-21/h3-12,14H,13H2,1-2H3,(H,27,28)/q-1. The van der Waals surface area contributed by atoms with E-state index in [9.17, 15) is 0 Å². The summed E-state index contributed by atoms with van der Waals surface area (Å²) in [6.45, 7) is 2.68. The Hall–Kier alpha value is -2.11. The van der Waals surface area contributed by atoms with Crippen LogP contribution in [0.15, 0.2) is 72.0 Å². The van der Waals surface area contributed by atoms with Crippen LogP contribution in [0.1, 0.15) is 22.3 Å². The number of ether oxygens (including phenoxy) is 1. The summed E-state index contributed by atoms with van der Waals surface area (Å²) >= 11 is -0.536. The van der Waals surface area contributed by atoms with Crippen LogP contribution in [0, 0.1) is 6.92 Å². The van der Waals surface area contributed by atoms with E-state index >= 15 is 0 Å². The second-order valence-electron chi connectivity index (χ2n) is 7.17. The molecule has 0 bridgehead atoms. The number of rotatable bonds is 5. The van der Waals surface area contributed by atoms with Crippen LogP contribution in [-0.4, -0.2) is 26.6 Å². The molecule has 0 saturated carbocycles. The molecule has 1 aliphatic heterocycles. The number of aromatic amines is 1. The van der Waals surface area contributed by atoms with Gasteiger partial charge in [-0.3, -0.25) is 0 Å². The van der Waals surface area contributed by atoms with E-state index in [1.165, 1.54) is 25.9 Å². The van der Waals surface area contributed by atoms with Gasteiger partial charge in [0.1, 0.15) is 0 Å². The predicted molar refractivity (Wildman–Crippen MR) is 129 cm³/mol. The molecule has 5 rings (SSSR count). The summed E-state index contributed by atoms with van der Waals surface area (Å²) in [5, 5.41) is 0. The van der Waals surface area contributed by atoms with Gasteiger partial charge in [-0.1, -0.05) is 0 Å². The van der Waals surface area contributed by atoms with Gasteiger partial charge in [-0.2, -0.15) is 0 Å². The van der Waals surface area contributed by atoms with Gasteiger partial charge in [0, 0.05) is 0 Å². The molecule has 0 amide bonds. The van der Waals surface area contributed by atoms with E-state index in [1.54, 1.807) is 13.4 Å². The van der Waals surface area contributed by atoms with Crippen molar-refractivity contribution in [1.82, 2.24) is 9.97 Å². The zero-order chi connectivity index (χ0) is 21.2. The van der Waals surface area contributed by atoms with E-state index in [2.05, 4.69) is 77.6 Å². The van der Waals surface area contributed by atoms with E-state index in [0.29, 0.717) is 6.61 Å². The first kappa shape index (κ1) is 20.8. The number of hydrogen-bond acceptors (Lipinski definition) is 4. The third kappa shape index (κ3) is 4.31. The number of nitrogens with zero attached hydrogens (tertiary/aromatic N) is 2. The van der Waals surface area contributed by atoms with Gasteiger partial charge in [0.25, 0.3) is 0 Å². The number of fused-ring (bicyclic) bond motifs is 1. The van der Waals surface area contributed by atoms with Crippen molar-refractivity contribution >= 4 is 37.3 Å². The molecule has 31 heavy (non-hydrogen) atoms. The summed E-state index contributed by atoms with van der Waals surface area (Å²) in [6.07, 6.45) is 1.73. The van der Waals surface area contributed by atoms with Crippen molar-refractivity contribution in [3.05, 3.63) is 89.2 Å². The zero-order valence-corrected chi connectivity index (χ0v) is 21.3. The average Bonchev–Trinajstić information content (AvgIpc) is 3.28. The van der Waals surface area contributed by atoms with Crippen molar-refractivity contribution in [1.29, 1.82) is 0 Å². The van der Waals surface area contributed by atoms with Crippen molar-refractivity contribution in [2.45, 2.75) is 13.5 Å². The third-order valence-electron chi connectivity index (χ3n) is 5.14. The topological polar surface area (TPSA) is 59.5 Å². The Bertz CT molecular complexity index is 1330. The first-order chi connectivity index (χ1) is 15.2. The van der Waals surface area contributed by atoms with Crippen molar-refractivity contribution in [3.63, 3.8) is 0 Å². The molecule has 0 fully saturated rings. The van der Waals surface area contributed by atoms with E-state index in [-0.39, 0.29) is 34.4 Å². The molecule has 2 heterocycles. The number of aromatic nitrogens is 2. The van der Waals surface area contributed by atoms with Crippen molar-refractivity contribution < 1.29 is 25.4 Å². The van der Waals surface area contributed by atoms with Crippen LogP contribution in [0.3, 0.4) is 0 Å². The normalized spacial score (nSPS) is 14.1. The van der Waals surface area contributed by atoms with E-state index < -0.39 is 0 Å². The number of benzene rings is 3. The molecule has 5 nitrogen and oxygen atoms in total. The summed E-state index contributed by atoms with van der Waals surface area (Å²) in [6, 6.07) is 21.2. The monoisotopic (exact) mass is 636 g/mol. The number of H-pyrrole nitrogens is 1. The predicted octanol–water partition coefficient (Wildman–Crippen LogP) is 2.53. The summed E-state index contributed by atoms with van der Waals surface area (Å²) in [5.41, 5.74) is 9.00. The molecule has 1 aliphatic rings. The van der Waals surface area contributed by atoms with E-state index in [1.807, 2.05) is 0 Å². The third-order valence-corrected chi connectivity index (χ3v) is 12.0. The Morgan fingerprint density at radius 2 is 1.90 bits per heavy atom. The number of halogens is 2. The number of nitrogens with one attached hydrogen (secondary N) is 1. The second kappa shape index (κ2) is 9.17. The Kier molecular flexibility index (Phi) is 6.15. The van der Waals surface area contributed by atoms with Gasteiger partial charge in [-0.05, 0) is 0 Å². The molecule has 0 aliphatic carbocycles. The Balaban J connectivity index is 1.52. The van der Waals surface area contributed by atoms with Gasteiger partial charge in [-0.25, -0.2) is 0 Å². The second-order valence-corrected chi connectivity index (χ2v) is 14.3. The van der Waals surface area contributed by atoms with Crippen molar-refractivity contribution in [3.8, 4) is 11.1 Å². The molecule has 7 heteroatoms. The molecule has 0 spiro atoms. The maximum absolute atomic E-state index is 6.12. The molecule has 4 aromatic rings. The summed E-state index contributed by atoms with van der Waals surface area (Å²) in [4.78, 5) is 12.5. The molecule has 3 aromatic carbocycles. The fourth-order valence-corrected chi connectivity index (χ4v) is 10.1. The number of imidazole rings is 1. The number of methoxy groups -OCH3 is 1. The molecule has 0 unspecified atom stereocenters. The molecule has 0 saturated heterocycles. The molecule has 0 radical (unpaired) electrons. The quantitative estimate of drug-likeness (QED) is 0.343. The minimum absolute atomic E-state index is 0.195. The van der Waals surface area contributed by atoms with E-state index in [4.69, 9.17) is 12.8 Å². The van der Waals surface area contributed by atoms with Crippen LogP contribution in [0.2, 0.25) is 0 Å². The summed E-state index contributed by atoms with van der Waals surface area (Å²) in [5.74, 6) is 0.729. The number of aryl methyl sites for hydroxylation is 1. The molecular formula is C24H20I2N3O2-. The van der Waals surface area contributed by atoms with Gasteiger partial charge in [0.05, 0.1) is 0 Å². The van der Waals surface area contributed by atoms with Gasteiger partial charge in [0.2, 0.25) is 0 Å². The van der Waals surface area contributed by atoms with Crippen LogP contribution in [0.4, 0.5) is 0 Å². The summed E-state index contributed by atoms with van der Waals surface area (Å²) in [7, 11) is 1.73. The Morgan fingerprint density at radius 3 is 2.77 bits per heavy atom. The molecule has 0 atom stereocenters. The van der Waals surface area contributed by atoms with Crippen LogP contribution >= 0.6 is 16.8 Å². The van der Waals surface area contributed by atoms with Crippen LogP contribution < -0.4 is 17.6 Å². The van der Waals surface area contributed by atoms with Crippen LogP contribution in [0.5, 0.6) is 0 Å². The maximum atomic E-state index is 6.12. The van der Waals surface area contributed by atoms with Gasteiger partial charge in [0.15, 0.2) is 0 Å². The average molecular weight is 636 g/mol. The minimum atomic E-state index is -0.341. The number of hydrogen-bond donors (Lipinski definition) is 1. The number of aliphatic imine (C=N–C) groups is 1. The van der Waals surface area contributed by atoms with Crippen molar-refractivity contribution in [2.24, 2.45) is 4.99 Å². The van der Waals surface area contributed by atoms with Crippen LogP contribution in [-0.2, 0) is 14.4 Å². The summed E-state index contributed by atoms with van der Waals surface area (Å²) < 4.78 is 12.8. The fraction of sp³-hybridized carbons (Fsp3) is 0.125. The molecule has 1 aromatic heterocycles. The Morgan fingerprint density at radius 1 is 1.03 bits per heavy atom. The van der Waals surface area contributed by atoms with E-state index in [0.717, 1.165) is 28.1 Å². The van der Waals surface area contributed by atoms with Crippen molar-refractivity contribution in [2.75, 3.05) is 7.11 Å². The zero-order valence-electron chi connectivity index (χ0n) is 17.0. The first-order valence-corrected chi connectivity index (χ1v) is 18.0. The Labute approximate surface area is 197 Å². The SMILES string of the molecule is COCc1cc(C2=NC(c3ccc4nc[nH]c4c3)=I[I-]O2)ccc1-c1ccccc1C.